The van der Waals surface area contributed by atoms with E-state index in [1.54, 1.807) is 13.8 Å². The van der Waals surface area contributed by atoms with E-state index in [4.69, 9.17) is 22.9 Å². The summed E-state index contributed by atoms with van der Waals surface area (Å²) in [6.45, 7) is 3.49. The first-order chi connectivity index (χ1) is 25.3. The highest BCUT2D eigenvalue weighted by Crippen LogP contribution is 2.08. The molecule has 54 heavy (non-hydrogen) atoms. The van der Waals surface area contributed by atoms with Gasteiger partial charge in [-0.3, -0.25) is 38.6 Å². The van der Waals surface area contributed by atoms with Crippen molar-refractivity contribution in [3.05, 3.63) is 18.2 Å². The second kappa shape index (κ2) is 23.7. The quantitative estimate of drug-likeness (QED) is 0.0251. The first-order valence-corrected chi connectivity index (χ1v) is 17.0. The third-order valence-corrected chi connectivity index (χ3v) is 7.56. The minimum Gasteiger partial charge on any atom is -0.480 e. The summed E-state index contributed by atoms with van der Waals surface area (Å²) < 4.78 is 0. The number of carbonyl (C=O) groups is 8. The SMILES string of the molecule is CC(C)C[C@H](NC(=O)[C@H](Cc1cnc[nH]1)NC(=O)CNC(=O)[C@H](CO)NC(=O)[C@@H](N)CCC(N)=O)C(=O)N[C@@H](C)C(=O)N[C@@H](CCCN=C(N)N)C(=O)O. The van der Waals surface area contributed by atoms with Crippen molar-refractivity contribution in [2.75, 3.05) is 19.7 Å². The maximum Gasteiger partial charge on any atom is 0.326 e. The van der Waals surface area contributed by atoms with Gasteiger partial charge in [-0.25, -0.2) is 9.78 Å². The Balaban J connectivity index is 2.96. The smallest absolute Gasteiger partial charge is 0.326 e. The summed E-state index contributed by atoms with van der Waals surface area (Å²) in [5.74, 6) is -7.31. The van der Waals surface area contributed by atoms with Crippen molar-refractivity contribution in [2.45, 2.75) is 95.5 Å². The number of hydrogen-bond donors (Lipinski definition) is 13. The molecule has 0 unspecified atom stereocenters. The largest absolute Gasteiger partial charge is 0.480 e. The molecule has 1 heterocycles. The lowest BCUT2D eigenvalue weighted by molar-refractivity contribution is -0.142. The Morgan fingerprint density at radius 2 is 1.44 bits per heavy atom. The van der Waals surface area contributed by atoms with Crippen LogP contribution in [0.2, 0.25) is 0 Å². The van der Waals surface area contributed by atoms with Gasteiger partial charge in [0, 0.05) is 31.3 Å². The zero-order valence-corrected chi connectivity index (χ0v) is 30.4. The molecular formula is C31H53N13O10. The van der Waals surface area contributed by atoms with Crippen molar-refractivity contribution in [3.8, 4) is 0 Å². The molecule has 23 heteroatoms. The number of nitrogens with two attached hydrogens (primary N) is 4. The molecule has 0 aromatic carbocycles. The number of aliphatic carboxylic acids is 1. The number of nitrogens with zero attached hydrogens (tertiary/aromatic N) is 2. The van der Waals surface area contributed by atoms with Crippen LogP contribution < -0.4 is 54.8 Å². The molecular weight excluding hydrogens is 714 g/mol. The predicted molar refractivity (Wildman–Crippen MR) is 191 cm³/mol. The number of aliphatic imine (C=N–C) groups is 1. The van der Waals surface area contributed by atoms with Gasteiger partial charge in [0.1, 0.15) is 30.2 Å². The summed E-state index contributed by atoms with van der Waals surface area (Å²) in [7, 11) is 0. The van der Waals surface area contributed by atoms with Gasteiger partial charge in [0.05, 0.1) is 25.5 Å². The van der Waals surface area contributed by atoms with Crippen LogP contribution in [0, 0.1) is 5.92 Å². The highest BCUT2D eigenvalue weighted by atomic mass is 16.4. The van der Waals surface area contributed by atoms with E-state index in [0.717, 1.165) is 0 Å². The van der Waals surface area contributed by atoms with Gasteiger partial charge in [0.25, 0.3) is 0 Å². The number of carbonyl (C=O) groups excluding carboxylic acids is 7. The minimum atomic E-state index is -1.50. The molecule has 0 aliphatic carbocycles. The highest BCUT2D eigenvalue weighted by Gasteiger charge is 2.31. The van der Waals surface area contributed by atoms with Crippen molar-refractivity contribution in [1.82, 2.24) is 41.9 Å². The van der Waals surface area contributed by atoms with E-state index in [2.05, 4.69) is 46.9 Å². The number of aliphatic hydroxyl groups excluding tert-OH is 1. The van der Waals surface area contributed by atoms with Gasteiger partial charge in [0.15, 0.2) is 5.96 Å². The van der Waals surface area contributed by atoms with Crippen molar-refractivity contribution < 1.29 is 48.6 Å². The number of carboxylic acids is 1. The lowest BCUT2D eigenvalue weighted by Crippen LogP contribution is -2.58. The Bertz CT molecular complexity index is 1470. The van der Waals surface area contributed by atoms with Crippen LogP contribution >= 0.6 is 0 Å². The molecule has 0 radical (unpaired) electrons. The summed E-state index contributed by atoms with van der Waals surface area (Å²) in [4.78, 5) is 111. The van der Waals surface area contributed by atoms with Crippen molar-refractivity contribution in [3.63, 3.8) is 0 Å². The number of primary amides is 1. The van der Waals surface area contributed by atoms with Crippen LogP contribution in [0.4, 0.5) is 0 Å². The van der Waals surface area contributed by atoms with Gasteiger partial charge in [-0.05, 0) is 38.5 Å². The van der Waals surface area contributed by atoms with E-state index < -0.39 is 96.7 Å². The summed E-state index contributed by atoms with van der Waals surface area (Å²) in [5, 5.41) is 33.5. The fraction of sp³-hybridized carbons (Fsp3) is 0.613. The van der Waals surface area contributed by atoms with E-state index in [-0.39, 0.29) is 56.9 Å². The summed E-state index contributed by atoms with van der Waals surface area (Å²) in [6, 6.07) is -7.73. The van der Waals surface area contributed by atoms with Crippen LogP contribution in [-0.4, -0.2) is 129 Å². The van der Waals surface area contributed by atoms with E-state index >= 15 is 0 Å². The third kappa shape index (κ3) is 18.1. The zero-order chi connectivity index (χ0) is 41.0. The van der Waals surface area contributed by atoms with Crippen molar-refractivity contribution in [2.24, 2.45) is 33.8 Å². The fourth-order valence-electron chi connectivity index (χ4n) is 4.68. The summed E-state index contributed by atoms with van der Waals surface area (Å²) in [5.41, 5.74) is 21.7. The molecule has 1 aromatic heterocycles. The number of rotatable bonds is 25. The minimum absolute atomic E-state index is 0.00460. The van der Waals surface area contributed by atoms with Gasteiger partial charge < -0.3 is 70.0 Å². The van der Waals surface area contributed by atoms with E-state index in [9.17, 15) is 48.6 Å². The normalized spacial score (nSPS) is 14.2. The Morgan fingerprint density at radius 1 is 0.815 bits per heavy atom. The molecule has 302 valence electrons. The first-order valence-electron chi connectivity index (χ1n) is 17.0. The number of H-pyrrole nitrogens is 1. The second-order valence-corrected chi connectivity index (χ2v) is 12.7. The molecule has 0 bridgehead atoms. The number of aromatic amines is 1. The van der Waals surface area contributed by atoms with Gasteiger partial charge in [-0.1, -0.05) is 13.8 Å². The van der Waals surface area contributed by atoms with Crippen molar-refractivity contribution in [1.29, 1.82) is 0 Å². The maximum atomic E-state index is 13.6. The molecule has 7 amide bonds. The molecule has 6 atom stereocenters. The number of hydrogen-bond acceptors (Lipinski definition) is 12. The first kappa shape index (κ1) is 46.2. The van der Waals surface area contributed by atoms with Gasteiger partial charge in [-0.2, -0.15) is 0 Å². The lowest BCUT2D eigenvalue weighted by atomic mass is 10.0. The van der Waals surface area contributed by atoms with Crippen molar-refractivity contribution >= 4 is 53.3 Å². The standard InChI is InChI=1S/C31H53N13O10/c1-15(2)9-20(28(51)40-16(3)25(48)42-19(30(53)54)5-4-8-37-31(34)35)43-29(52)21(10-17-11-36-14-39-17)41-24(47)12-38-27(50)22(13-45)44-26(49)18(32)6-7-23(33)46/h11,14-16,18-22,45H,4-10,12-13,32H2,1-3H3,(H2,33,46)(H,36,39)(H,38,50)(H,40,51)(H,41,47)(H,42,48)(H,43,52)(H,44,49)(H,53,54)(H4,34,35,37)/t16-,18-,19-,20-,21-,22-/m0/s1. The molecule has 0 saturated heterocycles. The topological polar surface area (TPSA) is 394 Å². The van der Waals surface area contributed by atoms with Crippen LogP contribution in [0.15, 0.2) is 17.5 Å². The van der Waals surface area contributed by atoms with Gasteiger partial charge >= 0.3 is 5.97 Å². The molecule has 17 N–H and O–H groups in total. The molecule has 0 aliphatic heterocycles. The third-order valence-electron chi connectivity index (χ3n) is 7.56. The number of guanidine groups is 1. The van der Waals surface area contributed by atoms with E-state index in [0.29, 0.717) is 5.69 Å². The Kier molecular flexibility index (Phi) is 20.2. The van der Waals surface area contributed by atoms with E-state index in [1.807, 2.05) is 0 Å². The number of carboxylic acid groups (broad SMARTS) is 1. The van der Waals surface area contributed by atoms with Crippen LogP contribution in [-0.2, 0) is 44.8 Å². The Labute approximate surface area is 311 Å². The van der Waals surface area contributed by atoms with E-state index in [1.165, 1.54) is 19.4 Å². The molecule has 0 fully saturated rings. The number of aromatic nitrogens is 2. The highest BCUT2D eigenvalue weighted by molar-refractivity contribution is 5.96. The zero-order valence-electron chi connectivity index (χ0n) is 30.4. The number of amides is 7. The number of nitrogens with one attached hydrogen (secondary N) is 7. The monoisotopic (exact) mass is 767 g/mol. The molecule has 23 nitrogen and oxygen atoms in total. The predicted octanol–water partition coefficient (Wildman–Crippen LogP) is -5.72. The second-order valence-electron chi connectivity index (χ2n) is 12.7. The summed E-state index contributed by atoms with van der Waals surface area (Å²) >= 11 is 0. The van der Waals surface area contributed by atoms with Crippen LogP contribution in [0.25, 0.3) is 0 Å². The number of aliphatic hydroxyl groups is 1. The molecule has 1 aromatic rings. The molecule has 0 spiro atoms. The summed E-state index contributed by atoms with van der Waals surface area (Å²) in [6.07, 6.45) is 2.69. The Morgan fingerprint density at radius 3 is 2.00 bits per heavy atom. The van der Waals surface area contributed by atoms with Crippen LogP contribution in [0.1, 0.15) is 58.6 Å². The molecule has 1 rings (SSSR count). The van der Waals surface area contributed by atoms with Gasteiger partial charge in [0.2, 0.25) is 41.4 Å². The van der Waals surface area contributed by atoms with Gasteiger partial charge in [-0.15, -0.1) is 0 Å². The average Bonchev–Trinajstić information content (AvgIpc) is 3.61. The maximum absolute atomic E-state index is 13.6. The Hall–Kier alpha value is -5.84. The van der Waals surface area contributed by atoms with Crippen LogP contribution in [0.5, 0.6) is 0 Å². The molecule has 0 aliphatic rings. The molecule has 0 saturated carbocycles. The van der Waals surface area contributed by atoms with Crippen LogP contribution in [0.3, 0.4) is 0 Å². The fourth-order valence-corrected chi connectivity index (χ4v) is 4.68. The lowest BCUT2D eigenvalue weighted by Gasteiger charge is -2.26. The average molecular weight is 768 g/mol. The number of imidazole rings is 1.